The van der Waals surface area contributed by atoms with Crippen LogP contribution >= 0.6 is 11.3 Å². The molecule has 1 amide bonds. The minimum absolute atomic E-state index is 0.255. The lowest BCUT2D eigenvalue weighted by atomic mass is 10.2. The van der Waals surface area contributed by atoms with Gasteiger partial charge in [-0.2, -0.15) is 5.26 Å². The molecule has 1 saturated carbocycles. The van der Waals surface area contributed by atoms with Crippen LogP contribution in [0, 0.1) is 17.2 Å². The van der Waals surface area contributed by atoms with Crippen molar-refractivity contribution in [3.8, 4) is 6.07 Å². The minimum atomic E-state index is -0.268. The van der Waals surface area contributed by atoms with Gasteiger partial charge in [0.1, 0.15) is 21.5 Å². The van der Waals surface area contributed by atoms with Crippen LogP contribution in [0.25, 0.3) is 0 Å². The number of nitrogens with one attached hydrogen (secondary N) is 2. The molecule has 100 valence electrons. The molecule has 6 heteroatoms. The third-order valence-corrected chi connectivity index (χ3v) is 4.23. The Bertz CT molecular complexity index is 558. The zero-order valence-electron chi connectivity index (χ0n) is 10.7. The first kappa shape index (κ1) is 13.4. The summed E-state index contributed by atoms with van der Waals surface area (Å²) in [5.41, 5.74) is 6.50. The summed E-state index contributed by atoms with van der Waals surface area (Å²) in [5, 5.41) is 15.8. The highest BCUT2D eigenvalue weighted by molar-refractivity contribution is 7.19. The summed E-state index contributed by atoms with van der Waals surface area (Å²) in [5.74, 6) is 0.337. The van der Waals surface area contributed by atoms with Crippen LogP contribution in [0.15, 0.2) is 12.7 Å². The van der Waals surface area contributed by atoms with E-state index in [1.807, 2.05) is 0 Å². The summed E-state index contributed by atoms with van der Waals surface area (Å²) in [7, 11) is 0. The van der Waals surface area contributed by atoms with Gasteiger partial charge in [0, 0.05) is 12.6 Å². The number of nitrogen functional groups attached to an aromatic ring is 1. The average Bonchev–Trinajstić information content (AvgIpc) is 2.98. The van der Waals surface area contributed by atoms with Crippen LogP contribution in [0.1, 0.15) is 28.6 Å². The minimum Gasteiger partial charge on any atom is -0.396 e. The highest BCUT2D eigenvalue weighted by Crippen LogP contribution is 2.40. The number of carbonyl (C=O) groups excluding carboxylic acids is 1. The Morgan fingerprint density at radius 1 is 1.74 bits per heavy atom. The number of carbonyl (C=O) groups is 1. The molecule has 0 aromatic carbocycles. The molecule has 2 rings (SSSR count). The maximum absolute atomic E-state index is 11.9. The van der Waals surface area contributed by atoms with Gasteiger partial charge in [0.25, 0.3) is 5.91 Å². The van der Waals surface area contributed by atoms with E-state index in [0.717, 1.165) is 6.42 Å². The smallest absolute Gasteiger partial charge is 0.263 e. The van der Waals surface area contributed by atoms with Gasteiger partial charge in [-0.15, -0.1) is 17.9 Å². The maximum atomic E-state index is 11.9. The van der Waals surface area contributed by atoms with E-state index in [1.165, 1.54) is 11.3 Å². The van der Waals surface area contributed by atoms with Crippen LogP contribution < -0.4 is 16.4 Å². The number of thiophene rings is 1. The molecule has 1 fully saturated rings. The number of hydrogen-bond acceptors (Lipinski definition) is 5. The van der Waals surface area contributed by atoms with Gasteiger partial charge in [0.05, 0.1) is 5.69 Å². The lowest BCUT2D eigenvalue weighted by molar-refractivity contribution is 0.0963. The molecular weight excluding hydrogens is 260 g/mol. The fourth-order valence-corrected chi connectivity index (χ4v) is 2.81. The quantitative estimate of drug-likeness (QED) is 0.717. The second-order valence-corrected chi connectivity index (χ2v) is 5.64. The predicted molar refractivity (Wildman–Crippen MR) is 77.2 cm³/mol. The van der Waals surface area contributed by atoms with Crippen molar-refractivity contribution < 1.29 is 4.79 Å². The molecule has 0 bridgehead atoms. The van der Waals surface area contributed by atoms with E-state index in [0.29, 0.717) is 33.9 Å². The average molecular weight is 276 g/mol. The van der Waals surface area contributed by atoms with Crippen molar-refractivity contribution in [3.63, 3.8) is 0 Å². The SMILES string of the molecule is C=CCNC(=O)c1sc(NC2CC2C)c(C#N)c1N. The Balaban J connectivity index is 2.22. The van der Waals surface area contributed by atoms with Gasteiger partial charge in [-0.3, -0.25) is 4.79 Å². The fraction of sp³-hybridized carbons (Fsp3) is 0.385. The standard InChI is InChI=1S/C13H16N4OS/c1-3-4-16-12(18)11-10(15)8(6-14)13(19-11)17-9-5-7(9)2/h3,7,9,17H,1,4-5,15H2,2H3,(H,16,18). The van der Waals surface area contributed by atoms with Crippen molar-refractivity contribution in [2.75, 3.05) is 17.6 Å². The van der Waals surface area contributed by atoms with Crippen LogP contribution in [-0.2, 0) is 0 Å². The lowest BCUT2D eigenvalue weighted by Crippen LogP contribution is -2.23. The van der Waals surface area contributed by atoms with Crippen molar-refractivity contribution in [1.29, 1.82) is 5.26 Å². The number of nitriles is 1. The first-order valence-electron chi connectivity index (χ1n) is 6.06. The second-order valence-electron chi connectivity index (χ2n) is 4.62. The molecule has 0 radical (unpaired) electrons. The third kappa shape index (κ3) is 2.71. The number of anilines is 2. The number of hydrogen-bond donors (Lipinski definition) is 3. The predicted octanol–water partition coefficient (Wildman–Crippen LogP) is 1.94. The van der Waals surface area contributed by atoms with E-state index in [-0.39, 0.29) is 11.6 Å². The number of nitrogens with zero attached hydrogens (tertiary/aromatic N) is 1. The first-order chi connectivity index (χ1) is 9.08. The molecule has 1 aromatic heterocycles. The Morgan fingerprint density at radius 2 is 2.42 bits per heavy atom. The highest BCUT2D eigenvalue weighted by Gasteiger charge is 2.34. The molecule has 19 heavy (non-hydrogen) atoms. The van der Waals surface area contributed by atoms with Crippen LogP contribution in [0.2, 0.25) is 0 Å². The van der Waals surface area contributed by atoms with Gasteiger partial charge in [0.2, 0.25) is 0 Å². The van der Waals surface area contributed by atoms with E-state index in [2.05, 4.69) is 30.2 Å². The molecule has 1 aliphatic rings. The summed E-state index contributed by atoms with van der Waals surface area (Å²) < 4.78 is 0. The molecule has 0 spiro atoms. The lowest BCUT2D eigenvalue weighted by Gasteiger charge is -2.01. The van der Waals surface area contributed by atoms with Gasteiger partial charge in [-0.1, -0.05) is 13.0 Å². The van der Waals surface area contributed by atoms with Gasteiger partial charge < -0.3 is 16.4 Å². The van der Waals surface area contributed by atoms with Crippen molar-refractivity contribution in [1.82, 2.24) is 5.32 Å². The van der Waals surface area contributed by atoms with Crippen molar-refractivity contribution in [2.24, 2.45) is 5.92 Å². The van der Waals surface area contributed by atoms with Crippen LogP contribution in [0.3, 0.4) is 0 Å². The molecule has 1 aliphatic carbocycles. The van der Waals surface area contributed by atoms with E-state index in [1.54, 1.807) is 6.08 Å². The molecule has 1 aromatic rings. The Hall–Kier alpha value is -2.00. The summed E-state index contributed by atoms with van der Waals surface area (Å²) >= 11 is 1.23. The Morgan fingerprint density at radius 3 is 2.95 bits per heavy atom. The number of nitrogens with two attached hydrogens (primary N) is 1. The normalized spacial score (nSPS) is 20.4. The monoisotopic (exact) mass is 276 g/mol. The molecule has 2 atom stereocenters. The summed E-state index contributed by atoms with van der Waals surface area (Å²) in [6.07, 6.45) is 2.68. The Kier molecular flexibility index (Phi) is 3.76. The third-order valence-electron chi connectivity index (χ3n) is 3.10. The van der Waals surface area contributed by atoms with E-state index >= 15 is 0 Å². The molecule has 0 saturated heterocycles. The number of rotatable bonds is 5. The topological polar surface area (TPSA) is 90.9 Å². The first-order valence-corrected chi connectivity index (χ1v) is 6.88. The van der Waals surface area contributed by atoms with Crippen molar-refractivity contribution >= 4 is 27.9 Å². The van der Waals surface area contributed by atoms with Crippen LogP contribution in [0.5, 0.6) is 0 Å². The van der Waals surface area contributed by atoms with Gasteiger partial charge in [-0.25, -0.2) is 0 Å². The van der Waals surface area contributed by atoms with Crippen LogP contribution in [0.4, 0.5) is 10.7 Å². The molecule has 0 aliphatic heterocycles. The molecule has 5 nitrogen and oxygen atoms in total. The second kappa shape index (κ2) is 5.33. The van der Waals surface area contributed by atoms with Crippen molar-refractivity contribution in [3.05, 3.63) is 23.1 Å². The fourth-order valence-electron chi connectivity index (χ4n) is 1.76. The largest absolute Gasteiger partial charge is 0.396 e. The summed E-state index contributed by atoms with van der Waals surface area (Å²) in [6, 6.07) is 2.45. The zero-order chi connectivity index (χ0) is 14.0. The van der Waals surface area contributed by atoms with E-state index in [4.69, 9.17) is 11.0 Å². The summed E-state index contributed by atoms with van der Waals surface area (Å²) in [6.45, 7) is 6.05. The number of amides is 1. The Labute approximate surface area is 116 Å². The zero-order valence-corrected chi connectivity index (χ0v) is 11.5. The van der Waals surface area contributed by atoms with Crippen LogP contribution in [-0.4, -0.2) is 18.5 Å². The molecular formula is C13H16N4OS. The maximum Gasteiger partial charge on any atom is 0.263 e. The van der Waals surface area contributed by atoms with Crippen molar-refractivity contribution in [2.45, 2.75) is 19.4 Å². The van der Waals surface area contributed by atoms with Gasteiger partial charge in [-0.05, 0) is 12.3 Å². The summed E-state index contributed by atoms with van der Waals surface area (Å²) in [4.78, 5) is 12.3. The molecule has 1 heterocycles. The van der Waals surface area contributed by atoms with Gasteiger partial charge in [0.15, 0.2) is 0 Å². The molecule has 2 unspecified atom stereocenters. The van der Waals surface area contributed by atoms with E-state index < -0.39 is 0 Å². The van der Waals surface area contributed by atoms with E-state index in [9.17, 15) is 4.79 Å². The molecule has 4 N–H and O–H groups in total. The van der Waals surface area contributed by atoms with Gasteiger partial charge >= 0.3 is 0 Å². The highest BCUT2D eigenvalue weighted by atomic mass is 32.1.